The summed E-state index contributed by atoms with van der Waals surface area (Å²) < 4.78 is 0. The molecule has 2 heterocycles. The number of nitrogens with zero attached hydrogens (tertiary/aromatic N) is 3. The Labute approximate surface area is 88.5 Å². The van der Waals surface area contributed by atoms with Crippen molar-refractivity contribution in [2.24, 2.45) is 0 Å². The molecule has 0 aromatic carbocycles. The molecule has 80 valence electrons. The highest BCUT2D eigenvalue weighted by Crippen LogP contribution is 2.16. The van der Waals surface area contributed by atoms with Crippen LogP contribution in [0.2, 0.25) is 0 Å². The fraction of sp³-hybridized carbons (Fsp3) is 0.500. The number of aromatic nitrogens is 2. The van der Waals surface area contributed by atoms with Gasteiger partial charge in [-0.25, -0.2) is 4.98 Å². The molecular formula is C10H14N4O. The lowest BCUT2D eigenvalue weighted by atomic mass is 10.2. The predicted octanol–water partition coefficient (Wildman–Crippen LogP) is 0.725. The Balaban J connectivity index is 2.27. The van der Waals surface area contributed by atoms with Gasteiger partial charge in [-0.15, -0.1) is 0 Å². The van der Waals surface area contributed by atoms with Gasteiger partial charge in [-0.1, -0.05) is 0 Å². The van der Waals surface area contributed by atoms with Crippen molar-refractivity contribution in [3.05, 3.63) is 17.6 Å². The molecule has 1 aromatic heterocycles. The van der Waals surface area contributed by atoms with E-state index in [1.54, 1.807) is 11.2 Å². The fourth-order valence-electron chi connectivity index (χ4n) is 1.60. The standard InChI is InChI=1S/C10H14N4O/c1-7-6-11-8(2)10(12-7)14-5-3-4-9(15)13-14/h6H,3-5H2,1-2H3,(H,13,15). The van der Waals surface area contributed by atoms with Crippen LogP contribution in [0, 0.1) is 13.8 Å². The van der Waals surface area contributed by atoms with Crippen LogP contribution < -0.4 is 10.4 Å². The molecule has 1 saturated heterocycles. The van der Waals surface area contributed by atoms with Crippen LogP contribution in [0.15, 0.2) is 6.20 Å². The smallest absolute Gasteiger partial charge is 0.238 e. The third-order valence-corrected chi connectivity index (χ3v) is 2.35. The average Bonchev–Trinajstić information content (AvgIpc) is 2.22. The zero-order chi connectivity index (χ0) is 10.8. The molecule has 5 nitrogen and oxygen atoms in total. The normalized spacial score (nSPS) is 16.4. The van der Waals surface area contributed by atoms with E-state index in [1.165, 1.54) is 0 Å². The van der Waals surface area contributed by atoms with Crippen LogP contribution >= 0.6 is 0 Å². The highest BCUT2D eigenvalue weighted by Gasteiger charge is 2.19. The molecule has 0 spiro atoms. The molecule has 1 aromatic rings. The van der Waals surface area contributed by atoms with E-state index in [0.29, 0.717) is 6.42 Å². The molecule has 0 radical (unpaired) electrons. The number of hydrogen-bond donors (Lipinski definition) is 1. The van der Waals surface area contributed by atoms with Gasteiger partial charge in [-0.05, 0) is 20.3 Å². The second-order valence-corrected chi connectivity index (χ2v) is 3.71. The van der Waals surface area contributed by atoms with Crippen molar-refractivity contribution in [1.29, 1.82) is 0 Å². The van der Waals surface area contributed by atoms with Crippen LogP contribution in [0.5, 0.6) is 0 Å². The number of hydrogen-bond acceptors (Lipinski definition) is 4. The first-order valence-electron chi connectivity index (χ1n) is 5.04. The van der Waals surface area contributed by atoms with E-state index in [1.807, 2.05) is 13.8 Å². The summed E-state index contributed by atoms with van der Waals surface area (Å²) >= 11 is 0. The van der Waals surface area contributed by atoms with E-state index in [-0.39, 0.29) is 5.91 Å². The Morgan fingerprint density at radius 3 is 3.00 bits per heavy atom. The lowest BCUT2D eigenvalue weighted by molar-refractivity contribution is -0.122. The van der Waals surface area contributed by atoms with E-state index in [4.69, 9.17) is 0 Å². The molecule has 0 aliphatic carbocycles. The van der Waals surface area contributed by atoms with Crippen LogP contribution in [0.1, 0.15) is 24.2 Å². The number of rotatable bonds is 1. The summed E-state index contributed by atoms with van der Waals surface area (Å²) in [5.74, 6) is 0.798. The Morgan fingerprint density at radius 1 is 1.47 bits per heavy atom. The maximum absolute atomic E-state index is 11.2. The molecule has 0 unspecified atom stereocenters. The monoisotopic (exact) mass is 206 g/mol. The van der Waals surface area contributed by atoms with Crippen LogP contribution in [0.25, 0.3) is 0 Å². The summed E-state index contributed by atoms with van der Waals surface area (Å²) in [5.41, 5.74) is 4.49. The zero-order valence-electron chi connectivity index (χ0n) is 8.95. The third-order valence-electron chi connectivity index (χ3n) is 2.35. The first kappa shape index (κ1) is 9.89. The van der Waals surface area contributed by atoms with Gasteiger partial charge >= 0.3 is 0 Å². The molecule has 0 atom stereocenters. The van der Waals surface area contributed by atoms with Gasteiger partial charge in [0.2, 0.25) is 5.91 Å². The van der Waals surface area contributed by atoms with Crippen molar-refractivity contribution in [3.63, 3.8) is 0 Å². The van der Waals surface area contributed by atoms with Gasteiger partial charge in [0.25, 0.3) is 0 Å². The summed E-state index contributed by atoms with van der Waals surface area (Å²) in [6.45, 7) is 4.58. The van der Waals surface area contributed by atoms with E-state index >= 15 is 0 Å². The Bertz CT molecular complexity index is 391. The number of aryl methyl sites for hydroxylation is 2. The highest BCUT2D eigenvalue weighted by molar-refractivity contribution is 5.78. The number of carbonyl (C=O) groups excluding carboxylic acids is 1. The van der Waals surface area contributed by atoms with Gasteiger partial charge in [-0.2, -0.15) is 0 Å². The molecule has 1 fully saturated rings. The maximum atomic E-state index is 11.2. The van der Waals surface area contributed by atoms with Gasteiger partial charge < -0.3 is 0 Å². The van der Waals surface area contributed by atoms with E-state index in [2.05, 4.69) is 15.4 Å². The number of hydrazine groups is 1. The van der Waals surface area contributed by atoms with Crippen LogP contribution in [0.3, 0.4) is 0 Å². The molecule has 2 rings (SSSR count). The van der Waals surface area contributed by atoms with Crippen molar-refractivity contribution in [2.75, 3.05) is 11.6 Å². The van der Waals surface area contributed by atoms with Crippen molar-refractivity contribution >= 4 is 11.7 Å². The quantitative estimate of drug-likeness (QED) is 0.735. The molecule has 1 N–H and O–H groups in total. The van der Waals surface area contributed by atoms with E-state index < -0.39 is 0 Å². The Hall–Kier alpha value is -1.65. The SMILES string of the molecule is Cc1cnc(C)c(N2CCCC(=O)N2)n1. The zero-order valence-corrected chi connectivity index (χ0v) is 8.95. The highest BCUT2D eigenvalue weighted by atomic mass is 16.2. The van der Waals surface area contributed by atoms with Gasteiger partial charge in [-0.3, -0.25) is 20.2 Å². The molecule has 0 saturated carbocycles. The lowest BCUT2D eigenvalue weighted by Gasteiger charge is -2.28. The van der Waals surface area contributed by atoms with Crippen LogP contribution in [-0.4, -0.2) is 22.4 Å². The van der Waals surface area contributed by atoms with Crippen LogP contribution in [-0.2, 0) is 4.79 Å². The first-order chi connectivity index (χ1) is 7.16. The fourth-order valence-corrected chi connectivity index (χ4v) is 1.60. The van der Waals surface area contributed by atoms with Gasteiger partial charge in [0.1, 0.15) is 0 Å². The minimum atomic E-state index is 0.0453. The second-order valence-electron chi connectivity index (χ2n) is 3.71. The molecule has 5 heteroatoms. The van der Waals surface area contributed by atoms with Crippen molar-refractivity contribution < 1.29 is 4.79 Å². The molecule has 1 aliphatic heterocycles. The Kier molecular flexibility index (Phi) is 2.53. The number of amides is 1. The number of nitrogens with one attached hydrogen (secondary N) is 1. The molecule has 1 amide bonds. The molecular weight excluding hydrogens is 192 g/mol. The van der Waals surface area contributed by atoms with Crippen molar-refractivity contribution in [3.8, 4) is 0 Å². The van der Waals surface area contributed by atoms with Crippen molar-refractivity contribution in [1.82, 2.24) is 15.4 Å². The molecule has 1 aliphatic rings. The third kappa shape index (κ3) is 2.06. The van der Waals surface area contributed by atoms with Crippen molar-refractivity contribution in [2.45, 2.75) is 26.7 Å². The largest absolute Gasteiger partial charge is 0.273 e. The first-order valence-corrected chi connectivity index (χ1v) is 5.04. The Morgan fingerprint density at radius 2 is 2.27 bits per heavy atom. The molecule has 0 bridgehead atoms. The van der Waals surface area contributed by atoms with E-state index in [9.17, 15) is 4.79 Å². The maximum Gasteiger partial charge on any atom is 0.238 e. The molecule has 15 heavy (non-hydrogen) atoms. The van der Waals surface area contributed by atoms with E-state index in [0.717, 1.165) is 30.2 Å². The number of carbonyl (C=O) groups is 1. The van der Waals surface area contributed by atoms with Gasteiger partial charge in [0.15, 0.2) is 5.82 Å². The summed E-state index contributed by atoms with van der Waals surface area (Å²) in [6, 6.07) is 0. The van der Waals surface area contributed by atoms with Crippen LogP contribution in [0.4, 0.5) is 5.82 Å². The summed E-state index contributed by atoms with van der Waals surface area (Å²) in [4.78, 5) is 19.8. The second kappa shape index (κ2) is 3.84. The minimum absolute atomic E-state index is 0.0453. The summed E-state index contributed by atoms with van der Waals surface area (Å²) in [5, 5.41) is 1.78. The van der Waals surface area contributed by atoms with Gasteiger partial charge in [0, 0.05) is 19.2 Å². The summed E-state index contributed by atoms with van der Waals surface area (Å²) in [6.07, 6.45) is 3.18. The predicted molar refractivity (Wildman–Crippen MR) is 56.2 cm³/mol. The topological polar surface area (TPSA) is 58.1 Å². The van der Waals surface area contributed by atoms with Gasteiger partial charge in [0.05, 0.1) is 11.4 Å². The minimum Gasteiger partial charge on any atom is -0.273 e. The lowest BCUT2D eigenvalue weighted by Crippen LogP contribution is -2.47. The summed E-state index contributed by atoms with van der Waals surface area (Å²) in [7, 11) is 0. The average molecular weight is 206 g/mol. The number of anilines is 1.